The monoisotopic (exact) mass is 497 g/mol. The molecular formula is C28H36FN3O4. The van der Waals surface area contributed by atoms with E-state index in [0.29, 0.717) is 25.2 Å². The number of aromatic nitrogens is 2. The highest BCUT2D eigenvalue weighted by molar-refractivity contribution is 5.43. The molecule has 0 bridgehead atoms. The number of hydrogen-bond donors (Lipinski definition) is 1. The number of ether oxygens (including phenoxy) is 3. The summed E-state index contributed by atoms with van der Waals surface area (Å²) in [6.07, 6.45) is 6.88. The summed E-state index contributed by atoms with van der Waals surface area (Å²) < 4.78 is 32.5. The van der Waals surface area contributed by atoms with E-state index in [2.05, 4.69) is 27.4 Å². The third-order valence-electron chi connectivity index (χ3n) is 6.66. The molecule has 7 nitrogen and oxygen atoms in total. The molecule has 0 saturated carbocycles. The van der Waals surface area contributed by atoms with Crippen molar-refractivity contribution in [3.63, 3.8) is 0 Å². The summed E-state index contributed by atoms with van der Waals surface area (Å²) in [7, 11) is 1.66. The van der Waals surface area contributed by atoms with Gasteiger partial charge < -0.3 is 23.9 Å². The second-order valence-corrected chi connectivity index (χ2v) is 9.32. The van der Waals surface area contributed by atoms with E-state index in [9.17, 15) is 9.50 Å². The fourth-order valence-corrected chi connectivity index (χ4v) is 4.48. The summed E-state index contributed by atoms with van der Waals surface area (Å²) >= 11 is 0. The van der Waals surface area contributed by atoms with Crippen molar-refractivity contribution < 1.29 is 23.7 Å². The summed E-state index contributed by atoms with van der Waals surface area (Å²) in [5.41, 5.74) is 0.257. The van der Waals surface area contributed by atoms with E-state index in [1.807, 2.05) is 24.5 Å². The van der Waals surface area contributed by atoms with E-state index in [4.69, 9.17) is 14.2 Å². The molecule has 1 fully saturated rings. The minimum absolute atomic E-state index is 0.201. The van der Waals surface area contributed by atoms with Crippen LogP contribution in [-0.2, 0) is 19.5 Å². The zero-order chi connectivity index (χ0) is 25.4. The second kappa shape index (κ2) is 12.2. The Morgan fingerprint density at radius 3 is 2.56 bits per heavy atom. The van der Waals surface area contributed by atoms with Gasteiger partial charge in [-0.2, -0.15) is 0 Å². The lowest BCUT2D eigenvalue weighted by molar-refractivity contribution is -0.0537. The molecule has 0 atom stereocenters. The van der Waals surface area contributed by atoms with Gasteiger partial charge in [-0.05, 0) is 61.2 Å². The fourth-order valence-electron chi connectivity index (χ4n) is 4.48. The van der Waals surface area contributed by atoms with Crippen molar-refractivity contribution in [3.8, 4) is 17.2 Å². The van der Waals surface area contributed by atoms with E-state index >= 15 is 0 Å². The zero-order valence-electron chi connectivity index (χ0n) is 21.2. The van der Waals surface area contributed by atoms with Gasteiger partial charge in [0.1, 0.15) is 29.6 Å². The van der Waals surface area contributed by atoms with Gasteiger partial charge in [0, 0.05) is 45.0 Å². The lowest BCUT2D eigenvalue weighted by Gasteiger charge is -2.38. The molecule has 36 heavy (non-hydrogen) atoms. The molecule has 1 aliphatic heterocycles. The van der Waals surface area contributed by atoms with Crippen LogP contribution in [0.25, 0.3) is 0 Å². The quantitative estimate of drug-likeness (QED) is 0.373. The maximum atomic E-state index is 13.1. The van der Waals surface area contributed by atoms with Crippen molar-refractivity contribution in [1.29, 1.82) is 0 Å². The SMILES string of the molecule is CCc1nccn1CCCOc1ccc(CN2CCC(O)(COc3ccc(F)cc3)CC2)cc1OC. The van der Waals surface area contributed by atoms with Gasteiger partial charge in [-0.15, -0.1) is 0 Å². The van der Waals surface area contributed by atoms with Crippen molar-refractivity contribution in [2.75, 3.05) is 33.4 Å². The van der Waals surface area contributed by atoms with Gasteiger partial charge in [0.05, 0.1) is 13.7 Å². The second-order valence-electron chi connectivity index (χ2n) is 9.32. The number of likely N-dealkylation sites (tertiary alicyclic amines) is 1. The Labute approximate surface area is 212 Å². The molecule has 1 N–H and O–H groups in total. The summed E-state index contributed by atoms with van der Waals surface area (Å²) in [4.78, 5) is 6.67. The summed E-state index contributed by atoms with van der Waals surface area (Å²) in [5.74, 6) is 2.82. The molecule has 0 aliphatic carbocycles. The molecule has 1 aliphatic rings. The van der Waals surface area contributed by atoms with Gasteiger partial charge in [0.2, 0.25) is 0 Å². The molecule has 4 rings (SSSR count). The van der Waals surface area contributed by atoms with Gasteiger partial charge in [-0.25, -0.2) is 9.37 Å². The van der Waals surface area contributed by atoms with Crippen molar-refractivity contribution in [2.45, 2.75) is 51.3 Å². The number of aryl methyl sites for hydroxylation is 2. The number of methoxy groups -OCH3 is 1. The first-order valence-electron chi connectivity index (χ1n) is 12.6. The Kier molecular flexibility index (Phi) is 8.83. The number of hydrogen-bond acceptors (Lipinski definition) is 6. The van der Waals surface area contributed by atoms with Crippen LogP contribution in [0, 0.1) is 5.82 Å². The Balaban J connectivity index is 1.23. The molecule has 0 radical (unpaired) electrons. The smallest absolute Gasteiger partial charge is 0.161 e. The maximum absolute atomic E-state index is 13.1. The lowest BCUT2D eigenvalue weighted by atomic mass is 9.92. The highest BCUT2D eigenvalue weighted by atomic mass is 19.1. The van der Waals surface area contributed by atoms with Gasteiger partial charge in [0.25, 0.3) is 0 Å². The molecule has 8 heteroatoms. The molecule has 0 spiro atoms. The summed E-state index contributed by atoms with van der Waals surface area (Å²) in [6.45, 7) is 6.08. The lowest BCUT2D eigenvalue weighted by Crippen LogP contribution is -2.47. The Morgan fingerprint density at radius 1 is 1.06 bits per heavy atom. The van der Waals surface area contributed by atoms with E-state index < -0.39 is 5.60 Å². The third-order valence-corrected chi connectivity index (χ3v) is 6.66. The topological polar surface area (TPSA) is 69.0 Å². The van der Waals surface area contributed by atoms with Crippen molar-refractivity contribution in [1.82, 2.24) is 14.5 Å². The Hall–Kier alpha value is -3.10. The van der Waals surface area contributed by atoms with Crippen LogP contribution >= 0.6 is 0 Å². The molecule has 194 valence electrons. The molecule has 0 unspecified atom stereocenters. The number of piperidine rings is 1. The number of aliphatic hydroxyl groups is 1. The first kappa shape index (κ1) is 26.0. The first-order chi connectivity index (χ1) is 17.5. The molecule has 2 heterocycles. The number of nitrogens with zero attached hydrogens (tertiary/aromatic N) is 3. The minimum Gasteiger partial charge on any atom is -0.493 e. The molecule has 3 aromatic rings. The predicted molar refractivity (Wildman–Crippen MR) is 136 cm³/mol. The van der Waals surface area contributed by atoms with E-state index in [0.717, 1.165) is 61.9 Å². The molecule has 0 amide bonds. The maximum Gasteiger partial charge on any atom is 0.161 e. The fraction of sp³-hybridized carbons (Fsp3) is 0.464. The van der Waals surface area contributed by atoms with Gasteiger partial charge in [-0.1, -0.05) is 13.0 Å². The molecule has 2 aromatic carbocycles. The number of benzene rings is 2. The minimum atomic E-state index is -0.880. The molecule has 1 saturated heterocycles. The van der Waals surface area contributed by atoms with Gasteiger partial charge in [0.15, 0.2) is 11.5 Å². The average molecular weight is 498 g/mol. The molecule has 1 aromatic heterocycles. The average Bonchev–Trinajstić information content (AvgIpc) is 3.36. The van der Waals surface area contributed by atoms with Crippen LogP contribution in [0.4, 0.5) is 4.39 Å². The first-order valence-corrected chi connectivity index (χ1v) is 12.6. The van der Waals surface area contributed by atoms with E-state index in [1.165, 1.54) is 12.1 Å². The van der Waals surface area contributed by atoms with Crippen LogP contribution in [0.1, 0.15) is 37.6 Å². The summed E-state index contributed by atoms with van der Waals surface area (Å²) in [5, 5.41) is 10.9. The third kappa shape index (κ3) is 6.98. The largest absolute Gasteiger partial charge is 0.493 e. The van der Waals surface area contributed by atoms with Crippen molar-refractivity contribution in [3.05, 3.63) is 72.1 Å². The van der Waals surface area contributed by atoms with Gasteiger partial charge in [-0.3, -0.25) is 4.90 Å². The van der Waals surface area contributed by atoms with Crippen LogP contribution < -0.4 is 14.2 Å². The van der Waals surface area contributed by atoms with Crippen molar-refractivity contribution in [2.24, 2.45) is 0 Å². The standard InChI is InChI=1S/C28H36FN3O4/c1-3-27-30-13-17-32(27)14-4-18-35-25-10-5-22(19-26(25)34-2)20-31-15-11-28(33,12-16-31)21-36-24-8-6-23(29)7-9-24/h5-10,13,17,19,33H,3-4,11-12,14-16,18,20-21H2,1-2H3. The van der Waals surface area contributed by atoms with Crippen LogP contribution in [-0.4, -0.2) is 58.6 Å². The van der Waals surface area contributed by atoms with E-state index in [1.54, 1.807) is 19.2 Å². The number of rotatable bonds is 12. The van der Waals surface area contributed by atoms with Crippen LogP contribution in [0.15, 0.2) is 54.9 Å². The number of imidazole rings is 1. The Morgan fingerprint density at radius 2 is 1.83 bits per heavy atom. The Bertz CT molecular complexity index is 1090. The molecular weight excluding hydrogens is 461 g/mol. The van der Waals surface area contributed by atoms with Crippen LogP contribution in [0.3, 0.4) is 0 Å². The highest BCUT2D eigenvalue weighted by Crippen LogP contribution is 2.30. The zero-order valence-corrected chi connectivity index (χ0v) is 21.2. The predicted octanol–water partition coefficient (Wildman–Crippen LogP) is 4.47. The van der Waals surface area contributed by atoms with Crippen LogP contribution in [0.2, 0.25) is 0 Å². The van der Waals surface area contributed by atoms with Crippen molar-refractivity contribution >= 4 is 0 Å². The summed E-state index contributed by atoms with van der Waals surface area (Å²) in [6, 6.07) is 11.9. The highest BCUT2D eigenvalue weighted by Gasteiger charge is 2.33. The van der Waals surface area contributed by atoms with Crippen LogP contribution in [0.5, 0.6) is 17.2 Å². The normalized spacial score (nSPS) is 15.6. The van der Waals surface area contributed by atoms with Gasteiger partial charge >= 0.3 is 0 Å². The van der Waals surface area contributed by atoms with E-state index in [-0.39, 0.29) is 12.4 Å². The number of halogens is 1.